The van der Waals surface area contributed by atoms with Gasteiger partial charge in [0, 0.05) is 17.9 Å². The van der Waals surface area contributed by atoms with E-state index in [4.69, 9.17) is 0 Å². The molecule has 0 radical (unpaired) electrons. The number of amides is 4. The van der Waals surface area contributed by atoms with E-state index in [9.17, 15) is 14.4 Å². The Labute approximate surface area is 157 Å². The molecule has 2 aromatic carbocycles. The Hall–Kier alpha value is -3.15. The van der Waals surface area contributed by atoms with Gasteiger partial charge in [0.1, 0.15) is 0 Å². The maximum absolute atomic E-state index is 12.8. The third-order valence-corrected chi connectivity index (χ3v) is 5.12. The van der Waals surface area contributed by atoms with Gasteiger partial charge in [-0.2, -0.15) is 0 Å². The second-order valence-corrected chi connectivity index (χ2v) is 7.27. The average molecular weight is 363 g/mol. The van der Waals surface area contributed by atoms with Crippen LogP contribution in [0.5, 0.6) is 0 Å². The van der Waals surface area contributed by atoms with Crippen molar-refractivity contribution in [2.24, 2.45) is 0 Å². The van der Waals surface area contributed by atoms with Gasteiger partial charge in [0.2, 0.25) is 0 Å². The molecule has 2 aliphatic heterocycles. The van der Waals surface area contributed by atoms with Gasteiger partial charge in [-0.15, -0.1) is 0 Å². The molecule has 2 heterocycles. The Balaban J connectivity index is 1.58. The lowest BCUT2D eigenvalue weighted by atomic mass is 9.95. The van der Waals surface area contributed by atoms with Crippen molar-refractivity contribution in [2.75, 3.05) is 16.8 Å². The van der Waals surface area contributed by atoms with Crippen LogP contribution in [0.4, 0.5) is 16.2 Å². The van der Waals surface area contributed by atoms with Crippen LogP contribution >= 0.6 is 0 Å². The van der Waals surface area contributed by atoms with Gasteiger partial charge in [-0.05, 0) is 54.2 Å². The summed E-state index contributed by atoms with van der Waals surface area (Å²) in [7, 11) is 0. The first-order chi connectivity index (χ1) is 12.9. The molecular formula is C21H21N3O3. The quantitative estimate of drug-likeness (QED) is 0.799. The molecule has 0 atom stereocenters. The van der Waals surface area contributed by atoms with Crippen LogP contribution in [0.15, 0.2) is 36.4 Å². The van der Waals surface area contributed by atoms with Gasteiger partial charge in [0.15, 0.2) is 0 Å². The summed E-state index contributed by atoms with van der Waals surface area (Å²) in [5.41, 5.74) is 4.50. The molecule has 6 heteroatoms. The Morgan fingerprint density at radius 2 is 1.85 bits per heavy atom. The molecular weight excluding hydrogens is 342 g/mol. The zero-order valence-electron chi connectivity index (χ0n) is 15.3. The Morgan fingerprint density at radius 3 is 2.63 bits per heavy atom. The Kier molecular flexibility index (Phi) is 4.18. The first-order valence-electron chi connectivity index (χ1n) is 9.15. The summed E-state index contributed by atoms with van der Waals surface area (Å²) in [6, 6.07) is 10.8. The number of anilines is 2. The molecule has 0 aliphatic carbocycles. The van der Waals surface area contributed by atoms with Gasteiger partial charge in [0.05, 0.1) is 11.1 Å². The number of rotatable bonds is 2. The highest BCUT2D eigenvalue weighted by molar-refractivity contribution is 6.22. The lowest BCUT2D eigenvalue weighted by Crippen LogP contribution is -2.38. The molecule has 0 fully saturated rings. The van der Waals surface area contributed by atoms with Crippen LogP contribution in [0.3, 0.4) is 0 Å². The normalized spacial score (nSPS) is 15.4. The van der Waals surface area contributed by atoms with Crippen molar-refractivity contribution in [3.8, 4) is 0 Å². The number of fused-ring (bicyclic) bond motifs is 2. The second-order valence-electron chi connectivity index (χ2n) is 7.27. The molecule has 6 nitrogen and oxygen atoms in total. The molecule has 4 rings (SSSR count). The largest absolute Gasteiger partial charge is 0.326 e. The van der Waals surface area contributed by atoms with E-state index in [-0.39, 0.29) is 6.03 Å². The highest BCUT2D eigenvalue weighted by Gasteiger charge is 2.28. The molecule has 0 aromatic heterocycles. The van der Waals surface area contributed by atoms with Gasteiger partial charge < -0.3 is 5.32 Å². The fraction of sp³-hybridized carbons (Fsp3) is 0.286. The number of urea groups is 1. The van der Waals surface area contributed by atoms with Crippen LogP contribution in [-0.4, -0.2) is 24.4 Å². The molecule has 2 aliphatic rings. The van der Waals surface area contributed by atoms with E-state index in [1.54, 1.807) is 23.1 Å². The van der Waals surface area contributed by atoms with Gasteiger partial charge in [0.25, 0.3) is 11.8 Å². The molecule has 2 aromatic rings. The minimum absolute atomic E-state index is 0.238. The molecule has 138 valence electrons. The van der Waals surface area contributed by atoms with Gasteiger partial charge >= 0.3 is 6.03 Å². The zero-order chi connectivity index (χ0) is 19.1. The average Bonchev–Trinajstić information content (AvgIpc) is 2.94. The Bertz CT molecular complexity index is 965. The highest BCUT2D eigenvalue weighted by atomic mass is 16.2. The van der Waals surface area contributed by atoms with Gasteiger partial charge in [-0.25, -0.2) is 4.79 Å². The molecule has 0 saturated heterocycles. The van der Waals surface area contributed by atoms with Crippen molar-refractivity contribution >= 4 is 29.2 Å². The molecule has 27 heavy (non-hydrogen) atoms. The van der Waals surface area contributed by atoms with E-state index in [0.29, 0.717) is 29.3 Å². The monoisotopic (exact) mass is 363 g/mol. The Morgan fingerprint density at radius 1 is 1.07 bits per heavy atom. The summed E-state index contributed by atoms with van der Waals surface area (Å²) in [6.07, 6.45) is 1.86. The molecule has 2 N–H and O–H groups in total. The molecule has 0 saturated carbocycles. The van der Waals surface area contributed by atoms with Crippen LogP contribution in [0.2, 0.25) is 0 Å². The summed E-state index contributed by atoms with van der Waals surface area (Å²) in [4.78, 5) is 38.0. The molecule has 4 amide bonds. The topological polar surface area (TPSA) is 78.5 Å². The van der Waals surface area contributed by atoms with Crippen molar-refractivity contribution in [1.29, 1.82) is 0 Å². The third-order valence-electron chi connectivity index (χ3n) is 5.12. The van der Waals surface area contributed by atoms with Crippen molar-refractivity contribution in [3.63, 3.8) is 0 Å². The standard InChI is InChI=1S/C21H21N3O3/c1-12(2)13-5-8-18-14(10-13)4-3-9-24(18)21(27)22-15-6-7-16-17(11-15)20(26)23-19(16)25/h5-8,10-12H,3-4,9H2,1-2H3,(H,22,27)(H,23,25,26). The number of imide groups is 1. The first-order valence-corrected chi connectivity index (χ1v) is 9.15. The fourth-order valence-corrected chi connectivity index (χ4v) is 3.62. The van der Waals surface area contributed by atoms with E-state index >= 15 is 0 Å². The van der Waals surface area contributed by atoms with E-state index < -0.39 is 11.8 Å². The molecule has 0 spiro atoms. The minimum Gasteiger partial charge on any atom is -0.308 e. The summed E-state index contributed by atoms with van der Waals surface area (Å²) < 4.78 is 0. The number of nitrogens with zero attached hydrogens (tertiary/aromatic N) is 1. The van der Waals surface area contributed by atoms with Crippen molar-refractivity contribution in [3.05, 3.63) is 58.7 Å². The fourth-order valence-electron chi connectivity index (χ4n) is 3.62. The van der Waals surface area contributed by atoms with Gasteiger partial charge in [-0.3, -0.25) is 19.8 Å². The number of benzene rings is 2. The second kappa shape index (κ2) is 6.54. The van der Waals surface area contributed by atoms with Crippen LogP contribution in [0, 0.1) is 0 Å². The summed E-state index contributed by atoms with van der Waals surface area (Å²) in [6.45, 7) is 4.96. The lowest BCUT2D eigenvalue weighted by molar-refractivity contribution is 0.0879. The van der Waals surface area contributed by atoms with E-state index in [2.05, 4.69) is 36.6 Å². The predicted octanol–water partition coefficient (Wildman–Crippen LogP) is 3.68. The zero-order valence-corrected chi connectivity index (χ0v) is 15.3. The predicted molar refractivity (Wildman–Crippen MR) is 103 cm³/mol. The number of carbonyl (C=O) groups excluding carboxylic acids is 3. The number of hydrogen-bond donors (Lipinski definition) is 2. The first kappa shape index (κ1) is 17.3. The maximum atomic E-state index is 12.8. The van der Waals surface area contributed by atoms with Crippen LogP contribution in [0.25, 0.3) is 0 Å². The summed E-state index contributed by atoms with van der Waals surface area (Å²) in [5, 5.41) is 5.10. The van der Waals surface area contributed by atoms with E-state index in [1.165, 1.54) is 11.1 Å². The molecule has 0 unspecified atom stereocenters. The lowest BCUT2D eigenvalue weighted by Gasteiger charge is -2.30. The van der Waals surface area contributed by atoms with Crippen molar-refractivity contribution in [2.45, 2.75) is 32.6 Å². The maximum Gasteiger partial charge on any atom is 0.326 e. The van der Waals surface area contributed by atoms with Crippen molar-refractivity contribution in [1.82, 2.24) is 5.32 Å². The van der Waals surface area contributed by atoms with E-state index in [0.717, 1.165) is 18.5 Å². The summed E-state index contributed by atoms with van der Waals surface area (Å²) >= 11 is 0. The smallest absolute Gasteiger partial charge is 0.308 e. The number of aryl methyl sites for hydroxylation is 1. The number of carbonyl (C=O) groups is 3. The van der Waals surface area contributed by atoms with Crippen LogP contribution in [-0.2, 0) is 6.42 Å². The van der Waals surface area contributed by atoms with Crippen LogP contribution < -0.4 is 15.5 Å². The van der Waals surface area contributed by atoms with Gasteiger partial charge in [-0.1, -0.05) is 26.0 Å². The minimum atomic E-state index is -0.435. The van der Waals surface area contributed by atoms with Crippen LogP contribution in [0.1, 0.15) is 58.0 Å². The SMILES string of the molecule is CC(C)c1ccc2c(c1)CCCN2C(=O)Nc1ccc2c(c1)C(=O)NC2=O. The molecule has 0 bridgehead atoms. The van der Waals surface area contributed by atoms with E-state index in [1.807, 2.05) is 6.07 Å². The number of nitrogens with one attached hydrogen (secondary N) is 2. The highest BCUT2D eigenvalue weighted by Crippen LogP contribution is 2.31. The summed E-state index contributed by atoms with van der Waals surface area (Å²) in [5.74, 6) is -0.394. The third kappa shape index (κ3) is 3.07. The number of hydrogen-bond acceptors (Lipinski definition) is 3. The van der Waals surface area contributed by atoms with Crippen molar-refractivity contribution < 1.29 is 14.4 Å².